The Hall–Kier alpha value is -0.570. The third kappa shape index (κ3) is 13.4. The fourth-order valence-corrected chi connectivity index (χ4v) is 1.56. The van der Waals surface area contributed by atoms with Gasteiger partial charge in [0, 0.05) is 13.0 Å². The zero-order chi connectivity index (χ0) is 13.1. The second-order valence-electron chi connectivity index (χ2n) is 5.41. The molecule has 0 bridgehead atoms. The lowest BCUT2D eigenvalue weighted by Gasteiger charge is -2.19. The molecule has 0 heterocycles. The van der Waals surface area contributed by atoms with E-state index in [0.29, 0.717) is 6.42 Å². The van der Waals surface area contributed by atoms with E-state index in [1.807, 2.05) is 0 Å². The number of carbonyl (C=O) groups is 1. The molecule has 102 valence electrons. The molecule has 3 nitrogen and oxygen atoms in total. The SMILES string of the molecule is COC(=O)CCCCCCCCOC(C)(C)C. The number of unbranched alkanes of at least 4 members (excludes halogenated alkanes) is 5. The van der Waals surface area contributed by atoms with E-state index in [0.717, 1.165) is 25.9 Å². The van der Waals surface area contributed by atoms with Crippen molar-refractivity contribution in [2.45, 2.75) is 71.3 Å². The highest BCUT2D eigenvalue weighted by atomic mass is 16.5. The summed E-state index contributed by atoms with van der Waals surface area (Å²) in [6.07, 6.45) is 7.41. The summed E-state index contributed by atoms with van der Waals surface area (Å²) in [6.45, 7) is 7.10. The standard InChI is InChI=1S/C14H28O3/c1-14(2,3)17-12-10-8-6-5-7-9-11-13(15)16-4/h5-12H2,1-4H3. The van der Waals surface area contributed by atoms with Gasteiger partial charge in [0.25, 0.3) is 0 Å². The monoisotopic (exact) mass is 244 g/mol. The average Bonchev–Trinajstić information content (AvgIpc) is 2.25. The van der Waals surface area contributed by atoms with Crippen LogP contribution in [0.25, 0.3) is 0 Å². The molecule has 0 fully saturated rings. The minimum Gasteiger partial charge on any atom is -0.469 e. The van der Waals surface area contributed by atoms with E-state index in [4.69, 9.17) is 4.74 Å². The molecule has 3 heteroatoms. The van der Waals surface area contributed by atoms with Gasteiger partial charge in [-0.05, 0) is 33.6 Å². The van der Waals surface area contributed by atoms with Crippen LogP contribution in [0.1, 0.15) is 65.7 Å². The highest BCUT2D eigenvalue weighted by molar-refractivity contribution is 5.68. The lowest BCUT2D eigenvalue weighted by molar-refractivity contribution is -0.140. The minimum atomic E-state index is -0.0939. The van der Waals surface area contributed by atoms with Crippen molar-refractivity contribution in [2.24, 2.45) is 0 Å². The zero-order valence-corrected chi connectivity index (χ0v) is 11.9. The molecule has 0 spiro atoms. The highest BCUT2D eigenvalue weighted by Gasteiger charge is 2.08. The van der Waals surface area contributed by atoms with Crippen molar-refractivity contribution >= 4 is 5.97 Å². The number of rotatable bonds is 9. The maximum Gasteiger partial charge on any atom is 0.305 e. The van der Waals surface area contributed by atoms with Gasteiger partial charge in [-0.1, -0.05) is 25.7 Å². The number of methoxy groups -OCH3 is 1. The predicted molar refractivity (Wildman–Crippen MR) is 70.0 cm³/mol. The van der Waals surface area contributed by atoms with Crippen molar-refractivity contribution in [2.75, 3.05) is 13.7 Å². The van der Waals surface area contributed by atoms with Gasteiger partial charge in [-0.3, -0.25) is 4.79 Å². The molecule has 0 radical (unpaired) electrons. The van der Waals surface area contributed by atoms with Crippen LogP contribution >= 0.6 is 0 Å². The molecule has 0 aromatic rings. The normalized spacial score (nSPS) is 11.5. The molecule has 0 saturated heterocycles. The second-order valence-corrected chi connectivity index (χ2v) is 5.41. The van der Waals surface area contributed by atoms with Gasteiger partial charge < -0.3 is 9.47 Å². The Morgan fingerprint density at radius 2 is 1.47 bits per heavy atom. The number of carbonyl (C=O) groups excluding carboxylic acids is 1. The van der Waals surface area contributed by atoms with Gasteiger partial charge in [0.15, 0.2) is 0 Å². The van der Waals surface area contributed by atoms with Crippen LogP contribution in [0.4, 0.5) is 0 Å². The molecule has 0 rings (SSSR count). The van der Waals surface area contributed by atoms with Crippen LogP contribution in [-0.4, -0.2) is 25.3 Å². The van der Waals surface area contributed by atoms with Gasteiger partial charge in [-0.15, -0.1) is 0 Å². The summed E-state index contributed by atoms with van der Waals surface area (Å²) in [5.74, 6) is -0.0939. The van der Waals surface area contributed by atoms with E-state index in [9.17, 15) is 4.79 Å². The van der Waals surface area contributed by atoms with E-state index in [-0.39, 0.29) is 11.6 Å². The third-order valence-electron chi connectivity index (χ3n) is 2.54. The Kier molecular flexibility index (Phi) is 9.14. The van der Waals surface area contributed by atoms with Gasteiger partial charge >= 0.3 is 5.97 Å². The lowest BCUT2D eigenvalue weighted by Crippen LogP contribution is -2.19. The Morgan fingerprint density at radius 1 is 0.941 bits per heavy atom. The Morgan fingerprint density at radius 3 is 2.00 bits per heavy atom. The molecule has 0 amide bonds. The fraction of sp³-hybridized carbons (Fsp3) is 0.929. The van der Waals surface area contributed by atoms with Crippen LogP contribution in [0.3, 0.4) is 0 Å². The molecule has 0 aliphatic heterocycles. The topological polar surface area (TPSA) is 35.5 Å². The zero-order valence-electron chi connectivity index (χ0n) is 11.9. The Labute approximate surface area is 106 Å². The smallest absolute Gasteiger partial charge is 0.305 e. The van der Waals surface area contributed by atoms with Crippen molar-refractivity contribution in [3.8, 4) is 0 Å². The molecular weight excluding hydrogens is 216 g/mol. The molecule has 0 aromatic heterocycles. The number of hydrogen-bond donors (Lipinski definition) is 0. The summed E-state index contributed by atoms with van der Waals surface area (Å²) in [6, 6.07) is 0. The van der Waals surface area contributed by atoms with Gasteiger partial charge in [0.05, 0.1) is 12.7 Å². The summed E-state index contributed by atoms with van der Waals surface area (Å²) in [5.41, 5.74) is -0.0134. The first-order valence-electron chi connectivity index (χ1n) is 6.66. The summed E-state index contributed by atoms with van der Waals surface area (Å²) in [4.78, 5) is 10.8. The molecule has 0 aliphatic carbocycles. The average molecular weight is 244 g/mol. The quantitative estimate of drug-likeness (QED) is 0.458. The largest absolute Gasteiger partial charge is 0.469 e. The molecular formula is C14H28O3. The molecule has 0 atom stereocenters. The molecule has 0 N–H and O–H groups in total. The van der Waals surface area contributed by atoms with E-state index < -0.39 is 0 Å². The summed E-state index contributed by atoms with van der Waals surface area (Å²) >= 11 is 0. The first-order valence-corrected chi connectivity index (χ1v) is 6.66. The number of esters is 1. The van der Waals surface area contributed by atoms with Crippen LogP contribution in [0.2, 0.25) is 0 Å². The fourth-order valence-electron chi connectivity index (χ4n) is 1.56. The second kappa shape index (κ2) is 9.46. The minimum absolute atomic E-state index is 0.0134. The van der Waals surface area contributed by atoms with Crippen molar-refractivity contribution in [1.82, 2.24) is 0 Å². The van der Waals surface area contributed by atoms with Crippen LogP contribution < -0.4 is 0 Å². The molecule has 0 saturated carbocycles. The maximum absolute atomic E-state index is 10.8. The van der Waals surface area contributed by atoms with E-state index in [1.165, 1.54) is 26.4 Å². The maximum atomic E-state index is 10.8. The first-order chi connectivity index (χ1) is 7.95. The van der Waals surface area contributed by atoms with Gasteiger partial charge in [0.2, 0.25) is 0 Å². The predicted octanol–water partition coefficient (Wildman–Crippen LogP) is 3.71. The Balaban J connectivity index is 3.12. The van der Waals surface area contributed by atoms with Gasteiger partial charge in [-0.25, -0.2) is 0 Å². The third-order valence-corrected chi connectivity index (χ3v) is 2.54. The van der Waals surface area contributed by atoms with Crippen molar-refractivity contribution in [3.05, 3.63) is 0 Å². The number of ether oxygens (including phenoxy) is 2. The number of hydrogen-bond acceptors (Lipinski definition) is 3. The Bertz CT molecular complexity index is 194. The molecule has 0 aromatic carbocycles. The van der Waals surface area contributed by atoms with Crippen LogP contribution in [0.15, 0.2) is 0 Å². The van der Waals surface area contributed by atoms with Crippen molar-refractivity contribution in [1.29, 1.82) is 0 Å². The van der Waals surface area contributed by atoms with Crippen LogP contribution in [0, 0.1) is 0 Å². The molecule has 17 heavy (non-hydrogen) atoms. The van der Waals surface area contributed by atoms with Crippen LogP contribution in [0.5, 0.6) is 0 Å². The van der Waals surface area contributed by atoms with E-state index in [1.54, 1.807) is 0 Å². The first kappa shape index (κ1) is 16.4. The molecule has 0 aliphatic rings. The summed E-state index contributed by atoms with van der Waals surface area (Å²) in [7, 11) is 1.44. The van der Waals surface area contributed by atoms with Gasteiger partial charge in [-0.2, -0.15) is 0 Å². The summed E-state index contributed by atoms with van der Waals surface area (Å²) < 4.78 is 10.2. The van der Waals surface area contributed by atoms with Gasteiger partial charge in [0.1, 0.15) is 0 Å². The van der Waals surface area contributed by atoms with Crippen molar-refractivity contribution in [3.63, 3.8) is 0 Å². The van der Waals surface area contributed by atoms with E-state index >= 15 is 0 Å². The van der Waals surface area contributed by atoms with Crippen LogP contribution in [-0.2, 0) is 14.3 Å². The lowest BCUT2D eigenvalue weighted by atomic mass is 10.1. The molecule has 0 unspecified atom stereocenters. The highest BCUT2D eigenvalue weighted by Crippen LogP contribution is 2.11. The summed E-state index contributed by atoms with van der Waals surface area (Å²) in [5, 5.41) is 0. The van der Waals surface area contributed by atoms with E-state index in [2.05, 4.69) is 25.5 Å². The van der Waals surface area contributed by atoms with Crippen molar-refractivity contribution < 1.29 is 14.3 Å².